The fraction of sp³-hybridized carbons (Fsp3) is 0.562. The van der Waals surface area contributed by atoms with E-state index < -0.39 is 0 Å². The van der Waals surface area contributed by atoms with E-state index in [0.717, 1.165) is 12.8 Å². The Morgan fingerprint density at radius 3 is 2.86 bits per heavy atom. The molecule has 3 N–H and O–H groups in total. The summed E-state index contributed by atoms with van der Waals surface area (Å²) in [4.78, 5) is 11.6. The number of nitrogens with two attached hydrogens (primary N) is 1. The highest BCUT2D eigenvalue weighted by molar-refractivity contribution is 5.75. The smallest absolute Gasteiger partial charge is 0.223 e. The van der Waals surface area contributed by atoms with E-state index >= 15 is 0 Å². The van der Waals surface area contributed by atoms with Crippen LogP contribution in [0, 0.1) is 0 Å². The zero-order valence-corrected chi connectivity index (χ0v) is 12.3. The molecule has 0 aliphatic heterocycles. The number of rotatable bonds is 8. The molecule has 1 fully saturated rings. The normalized spacial score (nSPS) is 15.0. The Morgan fingerprint density at radius 1 is 1.29 bits per heavy atom. The molecule has 0 heterocycles. The van der Waals surface area contributed by atoms with E-state index in [1.807, 2.05) is 12.1 Å². The number of nitrogens with one attached hydrogen (secondary N) is 1. The van der Waals surface area contributed by atoms with E-state index in [0.29, 0.717) is 43.7 Å². The van der Waals surface area contributed by atoms with Gasteiger partial charge < -0.3 is 20.5 Å². The molecule has 0 aromatic heterocycles. The highest BCUT2D eigenvalue weighted by atomic mass is 16.5. The Morgan fingerprint density at radius 2 is 2.10 bits per heavy atom. The first kappa shape index (κ1) is 15.6. The predicted octanol–water partition coefficient (Wildman–Crippen LogP) is 2.11. The van der Waals surface area contributed by atoms with Crippen molar-refractivity contribution in [1.29, 1.82) is 0 Å². The van der Waals surface area contributed by atoms with Crippen LogP contribution in [0.15, 0.2) is 24.3 Å². The number of hydrogen-bond donors (Lipinski definition) is 2. The summed E-state index contributed by atoms with van der Waals surface area (Å²) < 4.78 is 11.2. The number of carbonyl (C=O) groups excluding carboxylic acids is 1. The molecule has 5 nitrogen and oxygen atoms in total. The molecule has 0 saturated heterocycles. The number of anilines is 1. The first-order chi connectivity index (χ1) is 10.2. The van der Waals surface area contributed by atoms with Gasteiger partial charge in [-0.1, -0.05) is 18.9 Å². The maximum atomic E-state index is 11.6. The monoisotopic (exact) mass is 292 g/mol. The molecular formula is C16H24N2O3. The summed E-state index contributed by atoms with van der Waals surface area (Å²) >= 11 is 0. The van der Waals surface area contributed by atoms with Crippen molar-refractivity contribution in [2.75, 3.05) is 25.5 Å². The predicted molar refractivity (Wildman–Crippen MR) is 82.2 cm³/mol. The second-order valence-electron chi connectivity index (χ2n) is 5.30. The van der Waals surface area contributed by atoms with Gasteiger partial charge in [0, 0.05) is 18.3 Å². The van der Waals surface area contributed by atoms with Crippen LogP contribution in [0.1, 0.15) is 32.1 Å². The molecule has 1 aromatic rings. The molecule has 5 heteroatoms. The van der Waals surface area contributed by atoms with E-state index in [-0.39, 0.29) is 5.91 Å². The minimum Gasteiger partial charge on any atom is -0.493 e. The minimum absolute atomic E-state index is 0.0195. The molecule has 2 rings (SSSR count). The molecule has 1 aromatic carbocycles. The van der Waals surface area contributed by atoms with Crippen LogP contribution in [0.3, 0.4) is 0 Å². The second kappa shape index (κ2) is 8.52. The standard InChI is InChI=1S/C16H24N2O3/c17-13-4-3-7-15(12-13)20-10-8-16(19)18-9-11-21-14-5-1-2-6-14/h3-4,7,12,14H,1-2,5-6,8-11,17H2,(H,18,19). The third-order valence-corrected chi connectivity index (χ3v) is 3.54. The first-order valence-corrected chi connectivity index (χ1v) is 7.60. The number of carbonyl (C=O) groups is 1. The van der Waals surface area contributed by atoms with E-state index in [1.54, 1.807) is 12.1 Å². The number of amides is 1. The van der Waals surface area contributed by atoms with E-state index in [9.17, 15) is 4.79 Å². The van der Waals surface area contributed by atoms with Crippen molar-refractivity contribution in [2.45, 2.75) is 38.2 Å². The van der Waals surface area contributed by atoms with Crippen molar-refractivity contribution in [2.24, 2.45) is 0 Å². The molecule has 1 aliphatic rings. The van der Waals surface area contributed by atoms with Crippen molar-refractivity contribution in [3.8, 4) is 5.75 Å². The van der Waals surface area contributed by atoms with Gasteiger partial charge in [0.1, 0.15) is 5.75 Å². The van der Waals surface area contributed by atoms with Crippen molar-refractivity contribution in [3.05, 3.63) is 24.3 Å². The highest BCUT2D eigenvalue weighted by Gasteiger charge is 2.14. The largest absolute Gasteiger partial charge is 0.493 e. The molecule has 0 unspecified atom stereocenters. The summed E-state index contributed by atoms with van der Waals surface area (Å²) in [5, 5.41) is 2.84. The Kier molecular flexibility index (Phi) is 6.34. The molecule has 21 heavy (non-hydrogen) atoms. The lowest BCUT2D eigenvalue weighted by atomic mass is 10.3. The average molecular weight is 292 g/mol. The lowest BCUT2D eigenvalue weighted by molar-refractivity contribution is -0.121. The molecule has 116 valence electrons. The SMILES string of the molecule is Nc1cccc(OCCC(=O)NCCOC2CCCC2)c1. The molecule has 0 radical (unpaired) electrons. The summed E-state index contributed by atoms with van der Waals surface area (Å²) in [6, 6.07) is 7.19. The number of nitrogen functional groups attached to an aromatic ring is 1. The van der Waals surface area contributed by atoms with Crippen LogP contribution in [-0.2, 0) is 9.53 Å². The first-order valence-electron chi connectivity index (χ1n) is 7.60. The fourth-order valence-electron chi connectivity index (χ4n) is 2.43. The van der Waals surface area contributed by atoms with Crippen LogP contribution in [0.4, 0.5) is 5.69 Å². The topological polar surface area (TPSA) is 73.6 Å². The molecule has 0 spiro atoms. The highest BCUT2D eigenvalue weighted by Crippen LogP contribution is 2.20. The van der Waals surface area contributed by atoms with Gasteiger partial charge in [0.25, 0.3) is 0 Å². The van der Waals surface area contributed by atoms with Crippen molar-refractivity contribution in [1.82, 2.24) is 5.32 Å². The molecule has 1 amide bonds. The second-order valence-corrected chi connectivity index (χ2v) is 5.30. The van der Waals surface area contributed by atoms with Gasteiger partial charge in [-0.3, -0.25) is 4.79 Å². The number of benzene rings is 1. The maximum Gasteiger partial charge on any atom is 0.223 e. The van der Waals surface area contributed by atoms with Crippen LogP contribution >= 0.6 is 0 Å². The molecule has 0 atom stereocenters. The van der Waals surface area contributed by atoms with Crippen LogP contribution in [0.25, 0.3) is 0 Å². The van der Waals surface area contributed by atoms with Crippen molar-refractivity contribution < 1.29 is 14.3 Å². The van der Waals surface area contributed by atoms with Crippen LogP contribution < -0.4 is 15.8 Å². The molecule has 0 bridgehead atoms. The zero-order chi connectivity index (χ0) is 14.9. The van der Waals surface area contributed by atoms with Crippen molar-refractivity contribution in [3.63, 3.8) is 0 Å². The van der Waals surface area contributed by atoms with Gasteiger partial charge in [-0.05, 0) is 25.0 Å². The average Bonchev–Trinajstić information content (AvgIpc) is 2.97. The lowest BCUT2D eigenvalue weighted by Crippen LogP contribution is -2.29. The van der Waals surface area contributed by atoms with Gasteiger partial charge in [0.05, 0.1) is 25.7 Å². The van der Waals surface area contributed by atoms with Gasteiger partial charge in [0.15, 0.2) is 0 Å². The summed E-state index contributed by atoms with van der Waals surface area (Å²) in [6.45, 7) is 1.50. The summed E-state index contributed by atoms with van der Waals surface area (Å²) in [7, 11) is 0. The number of ether oxygens (including phenoxy) is 2. The Balaban J connectivity index is 1.51. The quantitative estimate of drug-likeness (QED) is 0.568. The Labute approximate surface area is 125 Å². The van der Waals surface area contributed by atoms with Gasteiger partial charge >= 0.3 is 0 Å². The summed E-state index contributed by atoms with van der Waals surface area (Å²) in [5.74, 6) is 0.668. The van der Waals surface area contributed by atoms with Crippen LogP contribution in [0.2, 0.25) is 0 Å². The summed E-state index contributed by atoms with van der Waals surface area (Å²) in [6.07, 6.45) is 5.56. The van der Waals surface area contributed by atoms with Gasteiger partial charge in [-0.15, -0.1) is 0 Å². The molecule has 1 saturated carbocycles. The summed E-state index contributed by atoms with van der Waals surface area (Å²) in [5.41, 5.74) is 6.30. The molecular weight excluding hydrogens is 268 g/mol. The Hall–Kier alpha value is -1.75. The van der Waals surface area contributed by atoms with Gasteiger partial charge in [-0.2, -0.15) is 0 Å². The fourth-order valence-corrected chi connectivity index (χ4v) is 2.43. The van der Waals surface area contributed by atoms with Gasteiger partial charge in [-0.25, -0.2) is 0 Å². The maximum absolute atomic E-state index is 11.6. The van der Waals surface area contributed by atoms with Crippen molar-refractivity contribution >= 4 is 11.6 Å². The Bertz CT molecular complexity index is 445. The zero-order valence-electron chi connectivity index (χ0n) is 12.3. The third-order valence-electron chi connectivity index (χ3n) is 3.54. The lowest BCUT2D eigenvalue weighted by Gasteiger charge is -2.11. The van der Waals surface area contributed by atoms with E-state index in [4.69, 9.17) is 15.2 Å². The third kappa shape index (κ3) is 6.04. The van der Waals surface area contributed by atoms with Crippen LogP contribution in [-0.4, -0.2) is 31.8 Å². The molecule has 1 aliphatic carbocycles. The van der Waals surface area contributed by atoms with E-state index in [1.165, 1.54) is 12.8 Å². The van der Waals surface area contributed by atoms with Crippen LogP contribution in [0.5, 0.6) is 5.75 Å². The number of hydrogen-bond acceptors (Lipinski definition) is 4. The minimum atomic E-state index is -0.0195. The van der Waals surface area contributed by atoms with Gasteiger partial charge in [0.2, 0.25) is 5.91 Å². The van der Waals surface area contributed by atoms with E-state index in [2.05, 4.69) is 5.32 Å².